The summed E-state index contributed by atoms with van der Waals surface area (Å²) in [6.45, 7) is 5.55. The molecule has 2 atom stereocenters. The summed E-state index contributed by atoms with van der Waals surface area (Å²) in [5, 5.41) is 17.1. The molecule has 0 saturated carbocycles. The van der Waals surface area contributed by atoms with Gasteiger partial charge in [0.15, 0.2) is 5.65 Å². The third-order valence-corrected chi connectivity index (χ3v) is 10.6. The number of carboxylic acids is 1. The summed E-state index contributed by atoms with van der Waals surface area (Å²) in [7, 11) is -4.08. The average Bonchev–Trinajstić information content (AvgIpc) is 3.43. The highest BCUT2D eigenvalue weighted by atomic mass is 32.2. The maximum atomic E-state index is 14.0. The van der Waals surface area contributed by atoms with Gasteiger partial charge in [-0.25, -0.2) is 13.4 Å². The molecular weight excluding hydrogens is 629 g/mol. The molecule has 2 aliphatic heterocycles. The molecule has 244 valence electrons. The predicted octanol–water partition coefficient (Wildman–Crippen LogP) is 4.14. The highest BCUT2D eigenvalue weighted by Gasteiger charge is 2.45. The molecule has 0 aromatic carbocycles. The van der Waals surface area contributed by atoms with Crippen molar-refractivity contribution < 1.29 is 41.0 Å². The zero-order valence-electron chi connectivity index (χ0n) is 25.2. The monoisotopic (exact) mass is 660 g/mol. The van der Waals surface area contributed by atoms with Crippen LogP contribution in [-0.2, 0) is 32.3 Å². The number of halogens is 3. The summed E-state index contributed by atoms with van der Waals surface area (Å²) in [5.74, 6) is -4.29. The molecule has 0 bridgehead atoms. The second-order valence-electron chi connectivity index (χ2n) is 11.7. The highest BCUT2D eigenvalue weighted by molar-refractivity contribution is 7.89. The lowest BCUT2D eigenvalue weighted by Gasteiger charge is -2.38. The Balaban J connectivity index is 1.43. The van der Waals surface area contributed by atoms with Gasteiger partial charge in [0, 0.05) is 49.6 Å². The summed E-state index contributed by atoms with van der Waals surface area (Å²) in [6.07, 6.45) is 0.345. The fourth-order valence-corrected chi connectivity index (χ4v) is 7.70. The first kappa shape index (κ1) is 31.8. The van der Waals surface area contributed by atoms with Crippen molar-refractivity contribution in [3.63, 3.8) is 0 Å². The van der Waals surface area contributed by atoms with Crippen molar-refractivity contribution in [2.45, 2.75) is 62.7 Å². The van der Waals surface area contributed by atoms with E-state index < -0.39 is 45.4 Å². The van der Waals surface area contributed by atoms with Crippen molar-refractivity contribution in [1.29, 1.82) is 0 Å². The second kappa shape index (κ2) is 11.6. The van der Waals surface area contributed by atoms with E-state index in [-0.39, 0.29) is 29.5 Å². The number of hydrogen-bond acceptors (Lipinski definition) is 9. The van der Waals surface area contributed by atoms with Crippen molar-refractivity contribution in [2.24, 2.45) is 5.92 Å². The fourth-order valence-electron chi connectivity index (χ4n) is 6.15. The van der Waals surface area contributed by atoms with Crippen LogP contribution in [0, 0.1) is 19.8 Å². The topological polar surface area (TPSA) is 149 Å². The van der Waals surface area contributed by atoms with E-state index in [4.69, 9.17) is 9.47 Å². The van der Waals surface area contributed by atoms with Crippen molar-refractivity contribution in [3.05, 3.63) is 76.6 Å². The molecular formula is C30H31F3N6O6S. The third kappa shape index (κ3) is 5.58. The Labute approximate surface area is 262 Å². The molecule has 0 radical (unpaired) electrons. The zero-order chi connectivity index (χ0) is 33.0. The lowest BCUT2D eigenvalue weighted by atomic mass is 9.82. The third-order valence-electron chi connectivity index (χ3n) is 8.78. The quantitative estimate of drug-likeness (QED) is 0.320. The molecule has 1 N–H and O–H groups in total. The van der Waals surface area contributed by atoms with Crippen LogP contribution in [0.4, 0.5) is 13.2 Å². The normalized spacial score (nSPS) is 19.3. The number of pyridine rings is 3. The van der Waals surface area contributed by atoms with Gasteiger partial charge in [0.2, 0.25) is 21.7 Å². The van der Waals surface area contributed by atoms with E-state index in [1.54, 1.807) is 26.1 Å². The van der Waals surface area contributed by atoms with Crippen LogP contribution in [0.15, 0.2) is 47.8 Å². The number of aryl methyl sites for hydroxylation is 2. The first-order valence-electron chi connectivity index (χ1n) is 14.5. The number of fused-ring (bicyclic) bond motifs is 2. The van der Waals surface area contributed by atoms with Crippen LogP contribution in [0.1, 0.15) is 59.5 Å². The predicted molar refractivity (Wildman–Crippen MR) is 156 cm³/mol. The summed E-state index contributed by atoms with van der Waals surface area (Å²) in [6, 6.07) is 6.06. The second-order valence-corrected chi connectivity index (χ2v) is 13.6. The zero-order valence-corrected chi connectivity index (χ0v) is 26.0. The Morgan fingerprint density at radius 1 is 1.15 bits per heavy atom. The minimum absolute atomic E-state index is 0.0300. The van der Waals surface area contributed by atoms with Crippen LogP contribution in [0.3, 0.4) is 0 Å². The van der Waals surface area contributed by atoms with Gasteiger partial charge in [0.1, 0.15) is 10.5 Å². The van der Waals surface area contributed by atoms with E-state index in [9.17, 15) is 31.5 Å². The number of ether oxygens (including phenoxy) is 2. The molecule has 1 fully saturated rings. The molecule has 46 heavy (non-hydrogen) atoms. The van der Waals surface area contributed by atoms with Crippen LogP contribution in [0.25, 0.3) is 5.65 Å². The molecule has 0 aliphatic carbocycles. The van der Waals surface area contributed by atoms with E-state index in [2.05, 4.69) is 20.2 Å². The number of nitrogens with zero attached hydrogens (tertiary/aromatic N) is 6. The molecule has 6 rings (SSSR count). The first-order chi connectivity index (χ1) is 21.7. The molecule has 4 aromatic rings. The number of carboxylic acid groups (broad SMARTS) is 1. The maximum absolute atomic E-state index is 14.0. The highest BCUT2D eigenvalue weighted by Crippen LogP contribution is 2.40. The first-order valence-corrected chi connectivity index (χ1v) is 16.0. The van der Waals surface area contributed by atoms with Gasteiger partial charge in [-0.1, -0.05) is 6.92 Å². The number of alkyl halides is 3. The van der Waals surface area contributed by atoms with E-state index >= 15 is 0 Å². The van der Waals surface area contributed by atoms with Gasteiger partial charge in [-0.05, 0) is 60.4 Å². The number of aliphatic carboxylic acids is 1. The Kier molecular flexibility index (Phi) is 8.01. The minimum atomic E-state index is -4.74. The van der Waals surface area contributed by atoms with Crippen LogP contribution in [-0.4, -0.2) is 73.7 Å². The molecule has 2 unspecified atom stereocenters. The molecule has 16 heteroatoms. The van der Waals surface area contributed by atoms with Crippen LogP contribution in [0.5, 0.6) is 5.88 Å². The summed E-state index contributed by atoms with van der Waals surface area (Å²) in [4.78, 5) is 21.1. The Morgan fingerprint density at radius 2 is 1.89 bits per heavy atom. The number of sulfonamides is 1. The van der Waals surface area contributed by atoms with Gasteiger partial charge in [-0.2, -0.15) is 17.5 Å². The van der Waals surface area contributed by atoms with Crippen molar-refractivity contribution in [3.8, 4) is 5.88 Å². The van der Waals surface area contributed by atoms with E-state index in [0.717, 1.165) is 4.40 Å². The Bertz CT molecular complexity index is 1930. The standard InChI is InChI=1S/C30H31F3N6O6S/c1-17-14-35-22(24(19(3)27(40)41)21-6-10-39-25(18(21)2)36-37-28(39)30(31,32)33)13-20(17)15-38-16-29(7-11-44-12-8-29)45-26-23(46(38,42)43)5-4-9-34-26/h4-6,9-10,13-14,19,24H,7-8,11-12,15-16H2,1-3H3,(H,40,41). The van der Waals surface area contributed by atoms with E-state index in [1.165, 1.54) is 41.8 Å². The average molecular weight is 661 g/mol. The van der Waals surface area contributed by atoms with Crippen LogP contribution in [0.2, 0.25) is 0 Å². The molecule has 4 aromatic heterocycles. The molecule has 0 amide bonds. The maximum Gasteiger partial charge on any atom is 0.452 e. The number of rotatable bonds is 6. The number of aromatic nitrogens is 5. The molecule has 1 saturated heterocycles. The SMILES string of the molecule is Cc1cnc(C(c2ccn3c(C(F)(F)F)nnc3c2C)C(C)C(=O)O)cc1CN1CC2(CCOCC2)Oc2ncccc2S1(=O)=O. The van der Waals surface area contributed by atoms with E-state index in [0.29, 0.717) is 54.0 Å². The smallest absolute Gasteiger partial charge is 0.452 e. The van der Waals surface area contributed by atoms with Crippen molar-refractivity contribution in [2.75, 3.05) is 19.8 Å². The molecule has 2 aliphatic rings. The van der Waals surface area contributed by atoms with Gasteiger partial charge in [0.05, 0.1) is 25.7 Å². The molecule has 12 nitrogen and oxygen atoms in total. The Morgan fingerprint density at radius 3 is 2.59 bits per heavy atom. The van der Waals surface area contributed by atoms with Crippen LogP contribution < -0.4 is 4.74 Å². The number of hydrogen-bond donors (Lipinski definition) is 1. The Hall–Kier alpha value is -4.15. The van der Waals surface area contributed by atoms with Gasteiger partial charge >= 0.3 is 12.1 Å². The van der Waals surface area contributed by atoms with Crippen LogP contribution >= 0.6 is 0 Å². The summed E-state index contributed by atoms with van der Waals surface area (Å²) >= 11 is 0. The molecule has 1 spiro atoms. The van der Waals surface area contributed by atoms with Crippen molar-refractivity contribution >= 4 is 21.6 Å². The van der Waals surface area contributed by atoms with Gasteiger partial charge in [-0.15, -0.1) is 10.2 Å². The number of carbonyl (C=O) groups is 1. The fraction of sp³-hybridized carbons (Fsp3) is 0.433. The summed E-state index contributed by atoms with van der Waals surface area (Å²) < 4.78 is 82.6. The van der Waals surface area contributed by atoms with E-state index in [1.807, 2.05) is 0 Å². The lowest BCUT2D eigenvalue weighted by molar-refractivity contribution is -0.145. The van der Waals surface area contributed by atoms with Crippen molar-refractivity contribution in [1.82, 2.24) is 28.9 Å². The lowest BCUT2D eigenvalue weighted by Crippen LogP contribution is -2.50. The minimum Gasteiger partial charge on any atom is -0.481 e. The molecule has 6 heterocycles. The van der Waals surface area contributed by atoms with Gasteiger partial charge in [-0.3, -0.25) is 14.2 Å². The summed E-state index contributed by atoms with van der Waals surface area (Å²) in [5.41, 5.74) is 1.33. The largest absolute Gasteiger partial charge is 0.481 e. The van der Waals surface area contributed by atoms with Gasteiger partial charge in [0.25, 0.3) is 0 Å². The van der Waals surface area contributed by atoms with Gasteiger partial charge < -0.3 is 14.6 Å².